The third-order valence-electron chi connectivity index (χ3n) is 5.69. The number of rotatable bonds is 2. The summed E-state index contributed by atoms with van der Waals surface area (Å²) in [7, 11) is 0. The van der Waals surface area contributed by atoms with E-state index in [1.54, 1.807) is 0 Å². The third-order valence-corrected chi connectivity index (χ3v) is 5.69. The molecule has 0 spiro atoms. The Balaban J connectivity index is 1.90. The lowest BCUT2D eigenvalue weighted by atomic mass is 9.65. The second-order valence-corrected chi connectivity index (χ2v) is 6.84. The van der Waals surface area contributed by atoms with E-state index in [4.69, 9.17) is 0 Å². The number of hydrogen-bond acceptors (Lipinski definition) is 1. The lowest BCUT2D eigenvalue weighted by molar-refractivity contribution is 0.190. The molecule has 1 atom stereocenters. The summed E-state index contributed by atoms with van der Waals surface area (Å²) in [6.45, 7) is 1.09. The third kappa shape index (κ3) is 2.19. The van der Waals surface area contributed by atoms with Gasteiger partial charge in [-0.1, -0.05) is 73.9 Å². The van der Waals surface area contributed by atoms with Gasteiger partial charge in [-0.2, -0.15) is 0 Å². The minimum atomic E-state index is 0.0243. The molecule has 114 valence electrons. The first kappa shape index (κ1) is 14.0. The van der Waals surface area contributed by atoms with E-state index in [1.165, 1.54) is 48.8 Å². The molecule has 1 heteroatoms. The van der Waals surface area contributed by atoms with Crippen LogP contribution in [0.4, 0.5) is 0 Å². The predicted molar refractivity (Wildman–Crippen MR) is 91.9 cm³/mol. The van der Waals surface area contributed by atoms with Crippen molar-refractivity contribution in [1.82, 2.24) is 5.32 Å². The van der Waals surface area contributed by atoms with E-state index < -0.39 is 0 Å². The maximum atomic E-state index is 3.97. The van der Waals surface area contributed by atoms with Crippen LogP contribution in [0.5, 0.6) is 0 Å². The van der Waals surface area contributed by atoms with Crippen molar-refractivity contribution in [1.29, 1.82) is 0 Å². The van der Waals surface area contributed by atoms with Gasteiger partial charge in [-0.05, 0) is 41.9 Å². The Morgan fingerprint density at radius 1 is 0.818 bits per heavy atom. The Morgan fingerprint density at radius 3 is 2.36 bits per heavy atom. The van der Waals surface area contributed by atoms with Crippen LogP contribution < -0.4 is 5.32 Å². The quantitative estimate of drug-likeness (QED) is 0.849. The van der Waals surface area contributed by atoms with Gasteiger partial charge in [-0.15, -0.1) is 0 Å². The molecule has 22 heavy (non-hydrogen) atoms. The highest BCUT2D eigenvalue weighted by Gasteiger charge is 2.44. The average molecular weight is 291 g/mol. The minimum Gasteiger partial charge on any atom is -0.303 e. The molecule has 1 unspecified atom stereocenters. The maximum Gasteiger partial charge on any atom is 0.0721 e. The zero-order valence-electron chi connectivity index (χ0n) is 13.2. The standard InChI is InChI=1S/C21H25N/c1-3-10-18(11-4-1)21(19-12-5-2-6-13-19)20-14-8-7-9-17(20)15-16-22-21/h1,3-4,7-11,14,19,22H,2,5-6,12-13,15-16H2. The van der Waals surface area contributed by atoms with Crippen molar-refractivity contribution < 1.29 is 0 Å². The van der Waals surface area contributed by atoms with Crippen LogP contribution in [0.1, 0.15) is 48.8 Å². The van der Waals surface area contributed by atoms with E-state index in [9.17, 15) is 0 Å². The molecule has 2 aromatic carbocycles. The van der Waals surface area contributed by atoms with Crippen LogP contribution in [0.25, 0.3) is 0 Å². The summed E-state index contributed by atoms with van der Waals surface area (Å²) in [4.78, 5) is 0. The van der Waals surface area contributed by atoms with Crippen molar-refractivity contribution in [3.05, 3.63) is 71.3 Å². The fourth-order valence-corrected chi connectivity index (χ4v) is 4.71. The zero-order chi connectivity index (χ0) is 14.8. The van der Waals surface area contributed by atoms with Gasteiger partial charge >= 0.3 is 0 Å². The van der Waals surface area contributed by atoms with Gasteiger partial charge in [-0.25, -0.2) is 0 Å². The average Bonchev–Trinajstić information content (AvgIpc) is 2.63. The number of hydrogen-bond donors (Lipinski definition) is 1. The van der Waals surface area contributed by atoms with Crippen molar-refractivity contribution in [3.63, 3.8) is 0 Å². The molecule has 4 rings (SSSR count). The van der Waals surface area contributed by atoms with E-state index in [0.29, 0.717) is 5.92 Å². The van der Waals surface area contributed by atoms with Gasteiger partial charge in [-0.3, -0.25) is 0 Å². The Bertz CT molecular complexity index is 627. The van der Waals surface area contributed by atoms with Gasteiger partial charge in [0.15, 0.2) is 0 Å². The van der Waals surface area contributed by atoms with Crippen LogP contribution >= 0.6 is 0 Å². The summed E-state index contributed by atoms with van der Waals surface area (Å²) in [6.07, 6.45) is 8.00. The summed E-state index contributed by atoms with van der Waals surface area (Å²) >= 11 is 0. The van der Waals surface area contributed by atoms with Gasteiger partial charge < -0.3 is 5.32 Å². The van der Waals surface area contributed by atoms with E-state index in [2.05, 4.69) is 59.9 Å². The van der Waals surface area contributed by atoms with Gasteiger partial charge in [0.1, 0.15) is 0 Å². The Hall–Kier alpha value is -1.60. The highest BCUT2D eigenvalue weighted by Crippen LogP contribution is 2.46. The van der Waals surface area contributed by atoms with Gasteiger partial charge in [0, 0.05) is 6.54 Å². The molecule has 1 saturated carbocycles. The summed E-state index contributed by atoms with van der Waals surface area (Å²) in [6, 6.07) is 20.3. The topological polar surface area (TPSA) is 12.0 Å². The molecule has 1 nitrogen and oxygen atoms in total. The van der Waals surface area contributed by atoms with Gasteiger partial charge in [0.05, 0.1) is 5.54 Å². The molecule has 2 aromatic rings. The lowest BCUT2D eigenvalue weighted by Crippen LogP contribution is -2.53. The zero-order valence-corrected chi connectivity index (χ0v) is 13.2. The Morgan fingerprint density at radius 2 is 1.55 bits per heavy atom. The van der Waals surface area contributed by atoms with E-state index in [1.807, 2.05) is 0 Å². The molecular formula is C21H25N. The number of benzene rings is 2. The molecule has 0 radical (unpaired) electrons. The van der Waals surface area contributed by atoms with Crippen LogP contribution in [0.3, 0.4) is 0 Å². The van der Waals surface area contributed by atoms with E-state index in [0.717, 1.165) is 13.0 Å². The molecule has 1 fully saturated rings. The van der Waals surface area contributed by atoms with Crippen LogP contribution in [-0.4, -0.2) is 6.54 Å². The molecule has 1 heterocycles. The summed E-state index contributed by atoms with van der Waals surface area (Å²) in [5, 5.41) is 3.97. The summed E-state index contributed by atoms with van der Waals surface area (Å²) < 4.78 is 0. The molecule has 0 amide bonds. The molecule has 0 saturated heterocycles. The van der Waals surface area contributed by atoms with Gasteiger partial charge in [0.25, 0.3) is 0 Å². The van der Waals surface area contributed by atoms with Crippen LogP contribution in [-0.2, 0) is 12.0 Å². The first-order chi connectivity index (χ1) is 10.9. The van der Waals surface area contributed by atoms with E-state index >= 15 is 0 Å². The summed E-state index contributed by atoms with van der Waals surface area (Å²) in [5.41, 5.74) is 4.54. The van der Waals surface area contributed by atoms with E-state index in [-0.39, 0.29) is 5.54 Å². The monoisotopic (exact) mass is 291 g/mol. The van der Waals surface area contributed by atoms with Crippen molar-refractivity contribution in [2.45, 2.75) is 44.1 Å². The first-order valence-electron chi connectivity index (χ1n) is 8.80. The molecule has 2 aliphatic rings. The predicted octanol–water partition coefficient (Wildman–Crippen LogP) is 4.66. The van der Waals surface area contributed by atoms with Crippen molar-refractivity contribution in [2.24, 2.45) is 5.92 Å². The molecule has 1 N–H and O–H groups in total. The van der Waals surface area contributed by atoms with Gasteiger partial charge in [0.2, 0.25) is 0 Å². The van der Waals surface area contributed by atoms with Crippen LogP contribution in [0, 0.1) is 5.92 Å². The molecular weight excluding hydrogens is 266 g/mol. The molecule has 0 bridgehead atoms. The second kappa shape index (κ2) is 5.89. The van der Waals surface area contributed by atoms with Crippen LogP contribution in [0.2, 0.25) is 0 Å². The molecule has 1 aliphatic heterocycles. The normalized spacial score (nSPS) is 25.6. The van der Waals surface area contributed by atoms with Crippen molar-refractivity contribution >= 4 is 0 Å². The SMILES string of the molecule is c1ccc(C2(C3CCCCC3)NCCc3ccccc32)cc1. The fraction of sp³-hybridized carbons (Fsp3) is 0.429. The van der Waals surface area contributed by atoms with Crippen molar-refractivity contribution in [3.8, 4) is 0 Å². The largest absolute Gasteiger partial charge is 0.303 e. The number of fused-ring (bicyclic) bond motifs is 1. The fourth-order valence-electron chi connectivity index (χ4n) is 4.71. The highest BCUT2D eigenvalue weighted by atomic mass is 15.0. The lowest BCUT2D eigenvalue weighted by Gasteiger charge is -2.48. The molecule has 1 aliphatic carbocycles. The first-order valence-corrected chi connectivity index (χ1v) is 8.80. The van der Waals surface area contributed by atoms with Crippen LogP contribution in [0.15, 0.2) is 54.6 Å². The Kier molecular flexibility index (Phi) is 3.75. The molecule has 0 aromatic heterocycles. The highest BCUT2D eigenvalue weighted by molar-refractivity contribution is 5.46. The maximum absolute atomic E-state index is 3.97. The van der Waals surface area contributed by atoms with Crippen molar-refractivity contribution in [2.75, 3.05) is 6.54 Å². The number of nitrogens with one attached hydrogen (secondary N) is 1. The Labute approximate surface area is 133 Å². The summed E-state index contributed by atoms with van der Waals surface area (Å²) in [5.74, 6) is 0.713. The smallest absolute Gasteiger partial charge is 0.0721 e. The minimum absolute atomic E-state index is 0.0243. The second-order valence-electron chi connectivity index (χ2n) is 6.84.